The fraction of sp³-hybridized carbons (Fsp3) is 0.368. The molecule has 1 aliphatic rings. The van der Waals surface area contributed by atoms with Crippen LogP contribution in [0.3, 0.4) is 0 Å². The highest BCUT2D eigenvalue weighted by Crippen LogP contribution is 2.29. The van der Waals surface area contributed by atoms with E-state index in [1.807, 2.05) is 56.3 Å². The minimum atomic E-state index is -3.51. The van der Waals surface area contributed by atoms with Crippen molar-refractivity contribution in [3.05, 3.63) is 65.2 Å². The van der Waals surface area contributed by atoms with Gasteiger partial charge in [-0.15, -0.1) is 0 Å². The fourth-order valence-corrected chi connectivity index (χ4v) is 5.27. The average Bonchev–Trinajstić information content (AvgIpc) is 2.55. The van der Waals surface area contributed by atoms with E-state index in [1.165, 1.54) is 4.90 Å². The van der Waals surface area contributed by atoms with E-state index in [1.54, 1.807) is 10.4 Å². The number of nitrogens with one attached hydrogen (secondary N) is 1. The number of nitrogens with zero attached hydrogens (tertiary/aromatic N) is 1. The van der Waals surface area contributed by atoms with E-state index in [0.29, 0.717) is 11.4 Å². The molecule has 1 saturated heterocycles. The van der Waals surface area contributed by atoms with Crippen LogP contribution < -0.4 is 4.90 Å². The maximum absolute atomic E-state index is 13.3. The normalized spacial score (nSPS) is 22.5. The van der Waals surface area contributed by atoms with Gasteiger partial charge in [-0.1, -0.05) is 48.0 Å². The minimum Gasteiger partial charge on any atom is -0.335 e. The molecule has 0 saturated carbocycles. The van der Waals surface area contributed by atoms with E-state index in [-0.39, 0.29) is 6.04 Å². The number of quaternary nitrogens is 1. The first-order chi connectivity index (χ1) is 11.4. The van der Waals surface area contributed by atoms with Crippen LogP contribution in [0.5, 0.6) is 0 Å². The second-order valence-corrected chi connectivity index (χ2v) is 8.58. The first-order valence-corrected chi connectivity index (χ1v) is 9.79. The lowest BCUT2D eigenvalue weighted by Gasteiger charge is -2.37. The monoisotopic (exact) mass is 345 g/mol. The summed E-state index contributed by atoms with van der Waals surface area (Å²) in [7, 11) is -1.39. The fourth-order valence-electron chi connectivity index (χ4n) is 3.45. The molecule has 4 nitrogen and oxygen atoms in total. The Balaban J connectivity index is 2.04. The number of benzene rings is 2. The van der Waals surface area contributed by atoms with Crippen LogP contribution in [0.1, 0.15) is 22.7 Å². The van der Waals surface area contributed by atoms with Gasteiger partial charge in [-0.05, 0) is 31.0 Å². The Kier molecular flexibility index (Phi) is 4.76. The third-order valence-electron chi connectivity index (χ3n) is 4.75. The summed E-state index contributed by atoms with van der Waals surface area (Å²) in [6.07, 6.45) is 0. The quantitative estimate of drug-likeness (QED) is 0.917. The van der Waals surface area contributed by atoms with Gasteiger partial charge in [-0.25, -0.2) is 8.42 Å². The second kappa shape index (κ2) is 6.67. The van der Waals surface area contributed by atoms with E-state index in [2.05, 4.69) is 7.05 Å². The Bertz CT molecular complexity index is 819. The van der Waals surface area contributed by atoms with Crippen LogP contribution in [0.2, 0.25) is 0 Å². The van der Waals surface area contributed by atoms with E-state index in [4.69, 9.17) is 0 Å². The van der Waals surface area contributed by atoms with Crippen LogP contribution in [-0.2, 0) is 10.0 Å². The van der Waals surface area contributed by atoms with Gasteiger partial charge in [0.05, 0.1) is 37.6 Å². The Morgan fingerprint density at radius 2 is 1.79 bits per heavy atom. The van der Waals surface area contributed by atoms with Gasteiger partial charge in [0.2, 0.25) is 10.0 Å². The number of aryl methyl sites for hydroxylation is 2. The third kappa shape index (κ3) is 3.24. The zero-order valence-corrected chi connectivity index (χ0v) is 15.3. The molecular formula is C19H25N2O2S+. The number of hydrogen-bond donors (Lipinski definition) is 1. The summed E-state index contributed by atoms with van der Waals surface area (Å²) in [4.78, 5) is 1.78. The lowest BCUT2D eigenvalue weighted by molar-refractivity contribution is -0.887. The third-order valence-corrected chi connectivity index (χ3v) is 6.82. The zero-order chi connectivity index (χ0) is 17.3. The van der Waals surface area contributed by atoms with Crippen molar-refractivity contribution in [3.8, 4) is 0 Å². The topological polar surface area (TPSA) is 41.8 Å². The molecule has 128 valence electrons. The molecule has 1 fully saturated rings. The predicted octanol–water partition coefficient (Wildman–Crippen LogP) is 1.56. The van der Waals surface area contributed by atoms with E-state index >= 15 is 0 Å². The zero-order valence-electron chi connectivity index (χ0n) is 14.5. The van der Waals surface area contributed by atoms with Gasteiger partial charge in [0.25, 0.3) is 0 Å². The molecule has 0 amide bonds. The molecule has 2 aromatic rings. The molecule has 1 unspecified atom stereocenters. The summed E-state index contributed by atoms with van der Waals surface area (Å²) in [6, 6.07) is 15.4. The van der Waals surface area contributed by atoms with E-state index < -0.39 is 10.0 Å². The molecule has 1 aliphatic heterocycles. The van der Waals surface area contributed by atoms with Crippen molar-refractivity contribution in [3.63, 3.8) is 0 Å². The van der Waals surface area contributed by atoms with Crippen molar-refractivity contribution < 1.29 is 13.3 Å². The number of likely N-dealkylation sites (N-methyl/N-ethyl adjacent to an activating group) is 1. The van der Waals surface area contributed by atoms with Gasteiger partial charge >= 0.3 is 0 Å². The van der Waals surface area contributed by atoms with Gasteiger partial charge in [0.15, 0.2) is 0 Å². The maximum Gasteiger partial charge on any atom is 0.244 e. The molecule has 0 radical (unpaired) electrons. The second-order valence-electron chi connectivity index (χ2n) is 6.72. The van der Waals surface area contributed by atoms with Crippen LogP contribution in [-0.4, -0.2) is 39.4 Å². The molecular weight excluding hydrogens is 320 g/mol. The number of rotatable bonds is 3. The molecule has 0 aromatic heterocycles. The van der Waals surface area contributed by atoms with Crippen molar-refractivity contribution in [2.24, 2.45) is 0 Å². The first-order valence-electron chi connectivity index (χ1n) is 8.35. The first kappa shape index (κ1) is 17.1. The molecule has 5 heteroatoms. The highest BCUT2D eigenvalue weighted by atomic mass is 32.2. The molecule has 1 heterocycles. The van der Waals surface area contributed by atoms with Gasteiger partial charge in [0, 0.05) is 0 Å². The highest BCUT2D eigenvalue weighted by molar-refractivity contribution is 7.89. The van der Waals surface area contributed by atoms with Crippen LogP contribution >= 0.6 is 0 Å². The van der Waals surface area contributed by atoms with Gasteiger partial charge in [0.1, 0.15) is 0 Å². The van der Waals surface area contributed by atoms with Crippen molar-refractivity contribution in [2.75, 3.05) is 26.7 Å². The molecule has 3 rings (SSSR count). The van der Waals surface area contributed by atoms with Crippen LogP contribution in [0, 0.1) is 13.8 Å². The summed E-state index contributed by atoms with van der Waals surface area (Å²) in [5, 5.41) is 0. The Morgan fingerprint density at radius 3 is 2.46 bits per heavy atom. The lowest BCUT2D eigenvalue weighted by atomic mass is 10.1. The highest BCUT2D eigenvalue weighted by Gasteiger charge is 2.38. The van der Waals surface area contributed by atoms with E-state index in [0.717, 1.165) is 29.8 Å². The molecule has 0 aliphatic carbocycles. The van der Waals surface area contributed by atoms with Crippen molar-refractivity contribution >= 4 is 10.0 Å². The average molecular weight is 345 g/mol. The standard InChI is InChI=1S/C19H24N2O2S/c1-15-9-10-19(16(2)13-15)24(22,23)21-12-11-20(3)14-18(21)17-7-5-4-6-8-17/h4-10,13,18H,11-12,14H2,1-3H3/p+1/t18-/m1/s1. The summed E-state index contributed by atoms with van der Waals surface area (Å²) >= 11 is 0. The molecule has 2 atom stereocenters. The smallest absolute Gasteiger partial charge is 0.244 e. The van der Waals surface area contributed by atoms with Crippen molar-refractivity contribution in [2.45, 2.75) is 24.8 Å². The molecule has 0 spiro atoms. The van der Waals surface area contributed by atoms with Crippen LogP contribution in [0.4, 0.5) is 0 Å². The summed E-state index contributed by atoms with van der Waals surface area (Å²) in [5.74, 6) is 0. The summed E-state index contributed by atoms with van der Waals surface area (Å²) in [6.45, 7) is 6.01. The largest absolute Gasteiger partial charge is 0.335 e. The maximum atomic E-state index is 13.3. The molecule has 0 bridgehead atoms. The molecule has 1 N–H and O–H groups in total. The predicted molar refractivity (Wildman–Crippen MR) is 95.6 cm³/mol. The Morgan fingerprint density at radius 1 is 1.08 bits per heavy atom. The molecule has 24 heavy (non-hydrogen) atoms. The van der Waals surface area contributed by atoms with Gasteiger partial charge in [-0.3, -0.25) is 0 Å². The van der Waals surface area contributed by atoms with Gasteiger partial charge < -0.3 is 4.90 Å². The number of hydrogen-bond acceptors (Lipinski definition) is 2. The summed E-state index contributed by atoms with van der Waals surface area (Å²) in [5.41, 5.74) is 2.95. The minimum absolute atomic E-state index is 0.120. The van der Waals surface area contributed by atoms with Crippen molar-refractivity contribution in [1.82, 2.24) is 4.31 Å². The molecule has 2 aromatic carbocycles. The van der Waals surface area contributed by atoms with Crippen molar-refractivity contribution in [1.29, 1.82) is 0 Å². The lowest BCUT2D eigenvalue weighted by Crippen LogP contribution is -3.12. The Hall–Kier alpha value is -1.69. The number of sulfonamides is 1. The number of piperazine rings is 1. The SMILES string of the molecule is Cc1ccc(S(=O)(=O)N2CC[NH+](C)C[C@@H]2c2ccccc2)c(C)c1. The van der Waals surface area contributed by atoms with E-state index in [9.17, 15) is 8.42 Å². The van der Waals surface area contributed by atoms with Gasteiger partial charge in [-0.2, -0.15) is 4.31 Å². The van der Waals surface area contributed by atoms with Crippen LogP contribution in [0.25, 0.3) is 0 Å². The Labute approximate surface area is 144 Å². The van der Waals surface area contributed by atoms with Crippen LogP contribution in [0.15, 0.2) is 53.4 Å². The summed E-state index contributed by atoms with van der Waals surface area (Å²) < 4.78 is 28.3.